The zero-order valence-corrected chi connectivity index (χ0v) is 32.1. The molecule has 0 aliphatic heterocycles. The van der Waals surface area contributed by atoms with Crippen LogP contribution in [0.4, 0.5) is 0 Å². The van der Waals surface area contributed by atoms with Crippen molar-refractivity contribution in [2.75, 3.05) is 6.61 Å². The van der Waals surface area contributed by atoms with Crippen molar-refractivity contribution in [3.63, 3.8) is 0 Å². The van der Waals surface area contributed by atoms with E-state index in [9.17, 15) is 14.5 Å². The summed E-state index contributed by atoms with van der Waals surface area (Å²) in [6, 6.07) is -0.817. The van der Waals surface area contributed by atoms with Crippen LogP contribution in [0.15, 0.2) is 0 Å². The first-order valence-corrected chi connectivity index (χ1v) is 22.0. The monoisotopic (exact) mass is 690 g/mol. The minimum Gasteiger partial charge on any atom is -0.391 e. The number of unbranched alkanes of at least 4 members (excludes halogenated alkanes) is 29. The summed E-state index contributed by atoms with van der Waals surface area (Å²) >= 11 is 0. The van der Waals surface area contributed by atoms with Gasteiger partial charge < -0.3 is 20.2 Å². The van der Waals surface area contributed by atoms with Gasteiger partial charge >= 0.3 is 7.82 Å². The molecule has 0 aromatic rings. The average Bonchev–Trinajstić information content (AvgIpc) is 3.04. The average molecular weight is 690 g/mol. The quantitative estimate of drug-likeness (QED) is 0.0379. The Balaban J connectivity index is 3.89. The molecule has 0 heterocycles. The summed E-state index contributed by atoms with van der Waals surface area (Å²) in [5, 5.41) is 13.5. The van der Waals surface area contributed by atoms with Crippen LogP contribution in [-0.4, -0.2) is 39.6 Å². The number of hydrogen-bond acceptors (Lipinski definition) is 4. The van der Waals surface area contributed by atoms with Crippen molar-refractivity contribution >= 4 is 13.7 Å². The van der Waals surface area contributed by atoms with E-state index in [4.69, 9.17) is 9.79 Å². The predicted molar refractivity (Wildman–Crippen MR) is 200 cm³/mol. The van der Waals surface area contributed by atoms with Crippen LogP contribution in [0.3, 0.4) is 0 Å². The van der Waals surface area contributed by atoms with E-state index < -0.39 is 26.6 Å². The maximum absolute atomic E-state index is 12.6. The first-order valence-electron chi connectivity index (χ1n) is 20.5. The van der Waals surface area contributed by atoms with Crippen LogP contribution in [0.1, 0.15) is 226 Å². The first kappa shape index (κ1) is 46.5. The normalized spacial score (nSPS) is 13.2. The van der Waals surface area contributed by atoms with Gasteiger partial charge in [-0.05, 0) is 12.8 Å². The molecule has 0 unspecified atom stereocenters. The molecule has 0 aromatic heterocycles. The van der Waals surface area contributed by atoms with Crippen LogP contribution in [0.25, 0.3) is 0 Å². The number of phosphoric ester groups is 1. The van der Waals surface area contributed by atoms with Gasteiger partial charge in [0.1, 0.15) is 0 Å². The number of amides is 1. The van der Waals surface area contributed by atoms with E-state index in [2.05, 4.69) is 23.7 Å². The van der Waals surface area contributed by atoms with Crippen LogP contribution in [-0.2, 0) is 13.9 Å². The number of aliphatic hydroxyl groups is 1. The fourth-order valence-electron chi connectivity index (χ4n) is 6.46. The number of rotatable bonds is 38. The zero-order valence-electron chi connectivity index (χ0n) is 31.2. The predicted octanol–water partition coefficient (Wildman–Crippen LogP) is 11.9. The van der Waals surface area contributed by atoms with Gasteiger partial charge in [-0.1, -0.05) is 206 Å². The maximum atomic E-state index is 12.6. The topological polar surface area (TPSA) is 116 Å². The highest BCUT2D eigenvalue weighted by molar-refractivity contribution is 7.46. The van der Waals surface area contributed by atoms with Gasteiger partial charge in [-0.2, -0.15) is 0 Å². The molecule has 1 amide bonds. The Morgan fingerprint density at radius 3 is 1.15 bits per heavy atom. The molecule has 0 bridgehead atoms. The lowest BCUT2D eigenvalue weighted by atomic mass is 10.0. The van der Waals surface area contributed by atoms with Gasteiger partial charge in [0.2, 0.25) is 5.91 Å². The molecule has 4 N–H and O–H groups in total. The van der Waals surface area contributed by atoms with Crippen LogP contribution in [0, 0.1) is 0 Å². The van der Waals surface area contributed by atoms with Gasteiger partial charge in [0, 0.05) is 6.42 Å². The highest BCUT2D eigenvalue weighted by atomic mass is 31.2. The van der Waals surface area contributed by atoms with Gasteiger partial charge in [0.15, 0.2) is 0 Å². The highest BCUT2D eigenvalue weighted by Gasteiger charge is 2.25. The Kier molecular flexibility index (Phi) is 35.0. The van der Waals surface area contributed by atoms with E-state index in [1.54, 1.807) is 0 Å². The molecule has 0 spiro atoms. The van der Waals surface area contributed by atoms with Crippen LogP contribution in [0.5, 0.6) is 0 Å². The fourth-order valence-corrected chi connectivity index (χ4v) is 6.82. The Hall–Kier alpha value is -0.460. The lowest BCUT2D eigenvalue weighted by molar-refractivity contribution is -0.123. The van der Waals surface area contributed by atoms with Gasteiger partial charge in [0.05, 0.1) is 18.8 Å². The Labute approximate surface area is 291 Å². The summed E-state index contributed by atoms with van der Waals surface area (Å²) in [7, 11) is -4.68. The van der Waals surface area contributed by atoms with Crippen LogP contribution in [0.2, 0.25) is 0 Å². The van der Waals surface area contributed by atoms with E-state index in [1.807, 2.05) is 0 Å². The van der Waals surface area contributed by atoms with E-state index in [-0.39, 0.29) is 5.91 Å². The second kappa shape index (κ2) is 35.4. The molecule has 8 heteroatoms. The minimum absolute atomic E-state index is 0.190. The molecular weight excluding hydrogens is 609 g/mol. The lowest BCUT2D eigenvalue weighted by Crippen LogP contribution is -2.46. The van der Waals surface area contributed by atoms with Crippen molar-refractivity contribution in [1.82, 2.24) is 5.32 Å². The number of carbonyl (C=O) groups excluding carboxylic acids is 1. The van der Waals surface area contributed by atoms with E-state index >= 15 is 0 Å². The molecule has 2 atom stereocenters. The molecule has 0 fully saturated rings. The number of carbonyl (C=O) groups is 1. The zero-order chi connectivity index (χ0) is 34.7. The van der Waals surface area contributed by atoms with E-state index in [1.165, 1.54) is 161 Å². The standard InChI is InChI=1S/C39H80NO6P/c1-3-5-7-9-11-13-15-17-19-20-21-23-25-27-29-31-33-35-39(42)40-37(36-46-47(43,44)45)38(41)34-32-30-28-26-24-22-18-16-14-12-10-8-6-4-2/h37-38,41H,3-36H2,1-2H3,(H,40,42)(H2,43,44,45)/t37-,38+/m0/s1. The minimum atomic E-state index is -4.68. The number of hydrogen-bond donors (Lipinski definition) is 4. The Morgan fingerprint density at radius 2 is 0.830 bits per heavy atom. The molecule has 0 rings (SSSR count). The third kappa shape index (κ3) is 36.6. The largest absolute Gasteiger partial charge is 0.469 e. The molecule has 0 aliphatic carbocycles. The second-order valence-corrected chi connectivity index (χ2v) is 15.6. The van der Waals surface area contributed by atoms with Crippen molar-refractivity contribution < 1.29 is 28.8 Å². The molecule has 0 radical (unpaired) electrons. The fraction of sp³-hybridized carbons (Fsp3) is 0.974. The molecule has 0 aromatic carbocycles. The first-order chi connectivity index (χ1) is 22.8. The molecule has 7 nitrogen and oxygen atoms in total. The maximum Gasteiger partial charge on any atom is 0.469 e. The summed E-state index contributed by atoms with van der Waals surface area (Å²) in [6.07, 6.45) is 39.4. The third-order valence-electron chi connectivity index (χ3n) is 9.59. The van der Waals surface area contributed by atoms with E-state index in [0.29, 0.717) is 12.8 Å². The van der Waals surface area contributed by atoms with Gasteiger partial charge in [-0.25, -0.2) is 4.57 Å². The Bertz CT molecular complexity index is 703. The van der Waals surface area contributed by atoms with Crippen molar-refractivity contribution in [2.45, 2.75) is 238 Å². The molecule has 0 saturated heterocycles. The second-order valence-electron chi connectivity index (χ2n) is 14.3. The van der Waals surface area contributed by atoms with Crippen molar-refractivity contribution in [3.05, 3.63) is 0 Å². The number of aliphatic hydroxyl groups excluding tert-OH is 1. The van der Waals surface area contributed by atoms with Crippen molar-refractivity contribution in [3.8, 4) is 0 Å². The molecular formula is C39H80NO6P. The van der Waals surface area contributed by atoms with Crippen molar-refractivity contribution in [1.29, 1.82) is 0 Å². The SMILES string of the molecule is CCCCCCCCCCCCCCCCCCCC(=O)N[C@@H](COP(=O)(O)O)[C@H](O)CCCCCCCCCCCCCCCC. The van der Waals surface area contributed by atoms with Gasteiger partial charge in [-0.15, -0.1) is 0 Å². The smallest absolute Gasteiger partial charge is 0.391 e. The van der Waals surface area contributed by atoms with Crippen molar-refractivity contribution in [2.24, 2.45) is 0 Å². The third-order valence-corrected chi connectivity index (χ3v) is 10.1. The summed E-state index contributed by atoms with van der Waals surface area (Å²) < 4.78 is 15.9. The lowest BCUT2D eigenvalue weighted by Gasteiger charge is -2.24. The van der Waals surface area contributed by atoms with E-state index in [0.717, 1.165) is 38.5 Å². The Morgan fingerprint density at radius 1 is 0.532 bits per heavy atom. The molecule has 0 saturated carbocycles. The van der Waals surface area contributed by atoms with Crippen LogP contribution < -0.4 is 5.32 Å². The van der Waals surface area contributed by atoms with Gasteiger partial charge in [-0.3, -0.25) is 9.32 Å². The molecule has 47 heavy (non-hydrogen) atoms. The summed E-state index contributed by atoms with van der Waals surface area (Å²) in [4.78, 5) is 30.9. The van der Waals surface area contributed by atoms with Gasteiger partial charge in [0.25, 0.3) is 0 Å². The summed E-state index contributed by atoms with van der Waals surface area (Å²) in [5.74, 6) is -0.190. The highest BCUT2D eigenvalue weighted by Crippen LogP contribution is 2.36. The summed E-state index contributed by atoms with van der Waals surface area (Å²) in [6.45, 7) is 4.13. The molecule has 0 aliphatic rings. The van der Waals surface area contributed by atoms with Crippen LogP contribution >= 0.6 is 7.82 Å². The molecule has 282 valence electrons. The number of nitrogens with one attached hydrogen (secondary N) is 1. The number of phosphoric acid groups is 1. The summed E-state index contributed by atoms with van der Waals surface area (Å²) in [5.41, 5.74) is 0.